The van der Waals surface area contributed by atoms with Crippen LogP contribution in [0.3, 0.4) is 0 Å². The van der Waals surface area contributed by atoms with Crippen LogP contribution in [-0.4, -0.2) is 48.8 Å². The molecular weight excluding hydrogens is 392 g/mol. The molecule has 29 heavy (non-hydrogen) atoms. The normalized spacial score (nSPS) is 16.6. The summed E-state index contributed by atoms with van der Waals surface area (Å²) in [5.41, 5.74) is 1.54. The minimum atomic E-state index is -4.12. The number of rotatable bonds is 6. The topological polar surface area (TPSA) is 95.9 Å². The Labute approximate surface area is 170 Å². The molecule has 1 aliphatic heterocycles. The molecule has 0 radical (unpaired) electrons. The maximum absolute atomic E-state index is 13.5. The van der Waals surface area contributed by atoms with Gasteiger partial charge in [-0.25, -0.2) is 13.9 Å². The Morgan fingerprint density at radius 2 is 1.79 bits per heavy atom. The van der Waals surface area contributed by atoms with E-state index in [0.29, 0.717) is 31.1 Å². The number of hydroxylamine groups is 1. The lowest BCUT2D eigenvalue weighted by atomic mass is 9.95. The lowest BCUT2D eigenvalue weighted by Crippen LogP contribution is -2.57. The first-order valence-corrected chi connectivity index (χ1v) is 10.6. The highest BCUT2D eigenvalue weighted by molar-refractivity contribution is 7.93. The molecule has 3 rings (SSSR count). The number of para-hydroxylation sites is 1. The lowest BCUT2D eigenvalue weighted by Gasteiger charge is -2.38. The van der Waals surface area contributed by atoms with E-state index >= 15 is 0 Å². The van der Waals surface area contributed by atoms with Gasteiger partial charge in [0.1, 0.15) is 11.5 Å². The molecule has 1 heterocycles. The number of hydrogen-bond acceptors (Lipinski definition) is 6. The molecule has 0 atom stereocenters. The third-order valence-corrected chi connectivity index (χ3v) is 7.60. The van der Waals surface area contributed by atoms with E-state index in [1.807, 2.05) is 11.0 Å². The Balaban J connectivity index is 1.94. The molecule has 1 fully saturated rings. The highest BCUT2D eigenvalue weighted by Crippen LogP contribution is 2.37. The number of carbonyl (C=O) groups is 1. The Morgan fingerprint density at radius 1 is 1.14 bits per heavy atom. The van der Waals surface area contributed by atoms with Crippen LogP contribution >= 0.6 is 0 Å². The van der Waals surface area contributed by atoms with E-state index in [1.165, 1.54) is 12.1 Å². The van der Waals surface area contributed by atoms with Gasteiger partial charge in [-0.3, -0.25) is 14.9 Å². The van der Waals surface area contributed by atoms with Gasteiger partial charge in [-0.05, 0) is 43.2 Å². The summed E-state index contributed by atoms with van der Waals surface area (Å²) < 4.78 is 30.9. The molecule has 1 saturated heterocycles. The van der Waals surface area contributed by atoms with E-state index in [2.05, 4.69) is 5.92 Å². The third-order valence-electron chi connectivity index (χ3n) is 5.10. The summed E-state index contributed by atoms with van der Waals surface area (Å²) in [5.74, 6) is 2.48. The van der Waals surface area contributed by atoms with Crippen molar-refractivity contribution < 1.29 is 23.2 Å². The quantitative estimate of drug-likeness (QED) is 0.428. The number of terminal acetylenes is 1. The largest absolute Gasteiger partial charge is 0.457 e. The van der Waals surface area contributed by atoms with Crippen LogP contribution in [0.15, 0.2) is 59.5 Å². The first-order chi connectivity index (χ1) is 13.9. The molecule has 0 aliphatic carbocycles. The Hall–Kier alpha value is -2.86. The van der Waals surface area contributed by atoms with Gasteiger partial charge in [-0.1, -0.05) is 30.2 Å². The van der Waals surface area contributed by atoms with Gasteiger partial charge in [-0.15, -0.1) is 6.42 Å². The van der Waals surface area contributed by atoms with E-state index in [-0.39, 0.29) is 17.7 Å². The molecule has 0 spiro atoms. The van der Waals surface area contributed by atoms with Crippen molar-refractivity contribution in [1.82, 2.24) is 10.4 Å². The molecule has 2 N–H and O–H groups in total. The summed E-state index contributed by atoms with van der Waals surface area (Å²) in [4.78, 5) is 14.4. The highest BCUT2D eigenvalue weighted by atomic mass is 32.2. The third kappa shape index (κ3) is 4.12. The summed E-state index contributed by atoms with van der Waals surface area (Å²) in [5, 5.41) is 9.25. The van der Waals surface area contributed by atoms with E-state index in [0.717, 1.165) is 0 Å². The van der Waals surface area contributed by atoms with Crippen LogP contribution in [-0.2, 0) is 14.6 Å². The zero-order valence-corrected chi connectivity index (χ0v) is 16.6. The van der Waals surface area contributed by atoms with Crippen molar-refractivity contribution in [3.63, 3.8) is 0 Å². The zero-order chi connectivity index (χ0) is 20.9. The maximum atomic E-state index is 13.5. The van der Waals surface area contributed by atoms with Crippen LogP contribution in [0.1, 0.15) is 12.8 Å². The van der Waals surface area contributed by atoms with Gasteiger partial charge in [-0.2, -0.15) is 0 Å². The second-order valence-electron chi connectivity index (χ2n) is 6.81. The number of likely N-dealkylation sites (tertiary alicyclic amines) is 1. The SMILES string of the molecule is C#CCN1CCC(C(=O)NO)(S(=O)(=O)c2cccc(Oc3ccccc3)c2)CC1. The van der Waals surface area contributed by atoms with Crippen molar-refractivity contribution in [2.75, 3.05) is 19.6 Å². The summed E-state index contributed by atoms with van der Waals surface area (Å²) in [6, 6.07) is 15.0. The van der Waals surface area contributed by atoms with E-state index in [9.17, 15) is 18.4 Å². The Kier molecular flexibility index (Phi) is 6.23. The molecule has 8 heteroatoms. The summed E-state index contributed by atoms with van der Waals surface area (Å²) in [7, 11) is -4.12. The van der Waals surface area contributed by atoms with Gasteiger partial charge < -0.3 is 4.74 Å². The fraction of sp³-hybridized carbons (Fsp3) is 0.286. The molecule has 2 aromatic rings. The van der Waals surface area contributed by atoms with Crippen LogP contribution in [0.2, 0.25) is 0 Å². The van der Waals surface area contributed by atoms with Gasteiger partial charge in [0.05, 0.1) is 11.4 Å². The fourth-order valence-corrected chi connectivity index (χ4v) is 5.47. The van der Waals surface area contributed by atoms with Gasteiger partial charge in [0.25, 0.3) is 5.91 Å². The predicted octanol–water partition coefficient (Wildman–Crippen LogP) is 2.23. The number of carbonyl (C=O) groups excluding carboxylic acids is 1. The highest BCUT2D eigenvalue weighted by Gasteiger charge is 2.52. The number of benzene rings is 2. The number of amides is 1. The molecule has 0 unspecified atom stereocenters. The van der Waals surface area contributed by atoms with Crippen molar-refractivity contribution >= 4 is 15.7 Å². The molecular formula is C21H22N2O5S. The molecule has 2 aromatic carbocycles. The van der Waals surface area contributed by atoms with Crippen LogP contribution in [0.25, 0.3) is 0 Å². The Morgan fingerprint density at radius 3 is 2.41 bits per heavy atom. The number of nitrogens with zero attached hydrogens (tertiary/aromatic N) is 1. The van der Waals surface area contributed by atoms with Crippen molar-refractivity contribution in [2.45, 2.75) is 22.5 Å². The molecule has 1 amide bonds. The standard InChI is InChI=1S/C21H22N2O5S/c1-2-13-23-14-11-21(12-15-23,20(24)22-25)29(26,27)19-10-6-9-18(16-19)28-17-7-4-3-5-8-17/h1,3-10,16,25H,11-15H2,(H,22,24). The predicted molar refractivity (Wildman–Crippen MR) is 107 cm³/mol. The van der Waals surface area contributed by atoms with E-state index in [1.54, 1.807) is 41.9 Å². The Bertz CT molecular complexity index is 1010. The summed E-state index contributed by atoms with van der Waals surface area (Å²) in [6.07, 6.45) is 5.37. The maximum Gasteiger partial charge on any atom is 0.265 e. The van der Waals surface area contributed by atoms with Crippen molar-refractivity contribution in [3.05, 3.63) is 54.6 Å². The fourth-order valence-electron chi connectivity index (χ4n) is 3.48. The number of ether oxygens (including phenoxy) is 1. The van der Waals surface area contributed by atoms with Gasteiger partial charge in [0.15, 0.2) is 14.6 Å². The zero-order valence-electron chi connectivity index (χ0n) is 15.7. The van der Waals surface area contributed by atoms with Crippen molar-refractivity contribution in [3.8, 4) is 23.8 Å². The monoisotopic (exact) mass is 414 g/mol. The number of piperidine rings is 1. The first kappa shape index (κ1) is 20.9. The van der Waals surface area contributed by atoms with Crippen molar-refractivity contribution in [2.24, 2.45) is 0 Å². The van der Waals surface area contributed by atoms with E-state index < -0.39 is 20.5 Å². The first-order valence-electron chi connectivity index (χ1n) is 9.11. The minimum Gasteiger partial charge on any atom is -0.457 e. The van der Waals surface area contributed by atoms with Crippen molar-refractivity contribution in [1.29, 1.82) is 0 Å². The average Bonchev–Trinajstić information content (AvgIpc) is 2.75. The molecule has 0 saturated carbocycles. The van der Waals surface area contributed by atoms with Crippen LogP contribution in [0, 0.1) is 12.3 Å². The number of nitrogens with one attached hydrogen (secondary N) is 1. The molecule has 152 valence electrons. The van der Waals surface area contributed by atoms with Crippen LogP contribution in [0.5, 0.6) is 11.5 Å². The molecule has 0 aromatic heterocycles. The average molecular weight is 414 g/mol. The van der Waals surface area contributed by atoms with Crippen LogP contribution in [0.4, 0.5) is 0 Å². The second-order valence-corrected chi connectivity index (χ2v) is 9.07. The second kappa shape index (κ2) is 8.66. The number of sulfone groups is 1. The van der Waals surface area contributed by atoms with E-state index in [4.69, 9.17) is 11.2 Å². The lowest BCUT2D eigenvalue weighted by molar-refractivity contribution is -0.133. The minimum absolute atomic E-state index is 0.0210. The van der Waals surface area contributed by atoms with Crippen LogP contribution < -0.4 is 10.2 Å². The summed E-state index contributed by atoms with van der Waals surface area (Å²) in [6.45, 7) is 1.03. The van der Waals surface area contributed by atoms with Gasteiger partial charge in [0, 0.05) is 13.1 Å². The molecule has 1 aliphatic rings. The molecule has 7 nitrogen and oxygen atoms in total. The molecule has 0 bridgehead atoms. The number of hydrogen-bond donors (Lipinski definition) is 2. The summed E-state index contributed by atoms with van der Waals surface area (Å²) >= 11 is 0. The smallest absolute Gasteiger partial charge is 0.265 e. The van der Waals surface area contributed by atoms with Gasteiger partial charge in [0.2, 0.25) is 0 Å². The van der Waals surface area contributed by atoms with Gasteiger partial charge >= 0.3 is 0 Å².